The minimum atomic E-state index is 1.18. The van der Waals surface area contributed by atoms with E-state index in [1.165, 1.54) is 49.7 Å². The second-order valence-electron chi connectivity index (χ2n) is 3.93. The largest absolute Gasteiger partial charge is 0.0998 e. The summed E-state index contributed by atoms with van der Waals surface area (Å²) in [5, 5.41) is 0. The van der Waals surface area contributed by atoms with Gasteiger partial charge in [-0.2, -0.15) is 0 Å². The first kappa shape index (κ1) is 11.0. The molecule has 0 saturated heterocycles. The van der Waals surface area contributed by atoms with Crippen molar-refractivity contribution < 1.29 is 0 Å². The van der Waals surface area contributed by atoms with Crippen molar-refractivity contribution in [2.75, 3.05) is 0 Å². The van der Waals surface area contributed by atoms with Gasteiger partial charge >= 0.3 is 0 Å². The van der Waals surface area contributed by atoms with Gasteiger partial charge in [0.1, 0.15) is 0 Å². The summed E-state index contributed by atoms with van der Waals surface area (Å²) >= 11 is 0. The molecule has 2 rings (SSSR count). The Labute approximate surface area is 87.7 Å². The van der Waals surface area contributed by atoms with E-state index in [1.807, 2.05) is 0 Å². The van der Waals surface area contributed by atoms with Gasteiger partial charge in [0.2, 0.25) is 0 Å². The summed E-state index contributed by atoms with van der Waals surface area (Å²) < 4.78 is 0. The lowest BCUT2D eigenvalue weighted by Crippen LogP contribution is -1.93. The second kappa shape index (κ2) is 6.42. The van der Waals surface area contributed by atoms with Crippen LogP contribution in [0.5, 0.6) is 0 Å². The minimum absolute atomic E-state index is 1.18. The van der Waals surface area contributed by atoms with Crippen LogP contribution in [0.2, 0.25) is 0 Å². The third kappa shape index (κ3) is 4.86. The van der Waals surface area contributed by atoms with E-state index in [0.717, 1.165) is 0 Å². The standard InChI is InChI=1S/C8H12.C6H8/c1-7-3-5-8(2)6-4-7;1-2-4-6-5-3-1/h1-6H2;1-4H,5-6H2. The maximum Gasteiger partial charge on any atom is -0.0286 e. The summed E-state index contributed by atoms with van der Waals surface area (Å²) in [5.41, 5.74) is 2.80. The molecule has 14 heavy (non-hydrogen) atoms. The quantitative estimate of drug-likeness (QED) is 0.489. The molecule has 0 N–H and O–H groups in total. The molecule has 0 aromatic rings. The Bertz CT molecular complexity index is 213. The molecular weight excluding hydrogens is 168 g/mol. The normalized spacial score (nSPS) is 20.3. The molecule has 0 aromatic carbocycles. The Kier molecular flexibility index (Phi) is 5.06. The van der Waals surface area contributed by atoms with Crippen LogP contribution in [0, 0.1) is 0 Å². The predicted molar refractivity (Wildman–Crippen MR) is 64.3 cm³/mol. The number of allylic oxidation sites excluding steroid dienone is 6. The SMILES string of the molecule is C1=CCCC=C1.C=C1CCC(=C)CC1. The zero-order valence-electron chi connectivity index (χ0n) is 8.97. The summed E-state index contributed by atoms with van der Waals surface area (Å²) in [6.45, 7) is 7.82. The smallest absolute Gasteiger partial charge is 0.0286 e. The van der Waals surface area contributed by atoms with Gasteiger partial charge in [-0.25, -0.2) is 0 Å². The molecule has 2 aliphatic rings. The Morgan fingerprint density at radius 3 is 1.29 bits per heavy atom. The van der Waals surface area contributed by atoms with Gasteiger partial charge < -0.3 is 0 Å². The predicted octanol–water partition coefficient (Wildman–Crippen LogP) is 4.57. The van der Waals surface area contributed by atoms with Gasteiger partial charge in [0, 0.05) is 0 Å². The minimum Gasteiger partial charge on any atom is -0.0998 e. The van der Waals surface area contributed by atoms with Crippen molar-refractivity contribution in [3.63, 3.8) is 0 Å². The molecule has 0 heteroatoms. The van der Waals surface area contributed by atoms with E-state index in [2.05, 4.69) is 37.5 Å². The maximum absolute atomic E-state index is 3.91. The van der Waals surface area contributed by atoms with Crippen LogP contribution in [-0.2, 0) is 0 Å². The monoisotopic (exact) mass is 188 g/mol. The molecule has 76 valence electrons. The first-order chi connectivity index (χ1) is 6.79. The fourth-order valence-electron chi connectivity index (χ4n) is 1.50. The topological polar surface area (TPSA) is 0 Å². The van der Waals surface area contributed by atoms with E-state index < -0.39 is 0 Å². The molecule has 0 unspecified atom stereocenters. The van der Waals surface area contributed by atoms with Gasteiger partial charge in [0.05, 0.1) is 0 Å². The molecule has 0 heterocycles. The number of hydrogen-bond donors (Lipinski definition) is 0. The maximum atomic E-state index is 3.91. The fourth-order valence-corrected chi connectivity index (χ4v) is 1.50. The molecule has 0 nitrogen and oxygen atoms in total. The molecule has 0 atom stereocenters. The lowest BCUT2D eigenvalue weighted by molar-refractivity contribution is 0.735. The van der Waals surface area contributed by atoms with Crippen molar-refractivity contribution in [3.8, 4) is 0 Å². The highest BCUT2D eigenvalue weighted by Gasteiger charge is 2.04. The van der Waals surface area contributed by atoms with E-state index >= 15 is 0 Å². The summed E-state index contributed by atoms with van der Waals surface area (Å²) in [5.74, 6) is 0. The molecule has 0 aliphatic heterocycles. The molecule has 0 radical (unpaired) electrons. The Morgan fingerprint density at radius 2 is 1.07 bits per heavy atom. The molecule has 0 aromatic heterocycles. The van der Waals surface area contributed by atoms with Crippen LogP contribution in [0.3, 0.4) is 0 Å². The van der Waals surface area contributed by atoms with Crippen LogP contribution in [0.25, 0.3) is 0 Å². The van der Waals surface area contributed by atoms with Crippen LogP contribution < -0.4 is 0 Å². The highest BCUT2D eigenvalue weighted by Crippen LogP contribution is 2.24. The van der Waals surface area contributed by atoms with Crippen LogP contribution >= 0.6 is 0 Å². The van der Waals surface area contributed by atoms with E-state index in [9.17, 15) is 0 Å². The number of hydrogen-bond acceptors (Lipinski definition) is 0. The molecule has 0 amide bonds. The Hall–Kier alpha value is -1.04. The van der Waals surface area contributed by atoms with Gasteiger partial charge in [0.25, 0.3) is 0 Å². The zero-order chi connectivity index (χ0) is 10.2. The average molecular weight is 188 g/mol. The third-order valence-corrected chi connectivity index (χ3v) is 2.55. The van der Waals surface area contributed by atoms with Crippen molar-refractivity contribution in [3.05, 3.63) is 48.6 Å². The summed E-state index contributed by atoms with van der Waals surface area (Å²) in [6.07, 6.45) is 15.7. The first-order valence-electron chi connectivity index (χ1n) is 5.44. The van der Waals surface area contributed by atoms with Crippen LogP contribution in [0.15, 0.2) is 48.6 Å². The molecule has 0 spiro atoms. The van der Waals surface area contributed by atoms with Crippen molar-refractivity contribution in [2.24, 2.45) is 0 Å². The number of rotatable bonds is 0. The second-order valence-corrected chi connectivity index (χ2v) is 3.93. The highest BCUT2D eigenvalue weighted by atomic mass is 14.1. The molecule has 0 bridgehead atoms. The fraction of sp³-hybridized carbons (Fsp3) is 0.429. The molecule has 1 fully saturated rings. The van der Waals surface area contributed by atoms with Gasteiger partial charge in [-0.3, -0.25) is 0 Å². The van der Waals surface area contributed by atoms with Crippen LogP contribution in [0.4, 0.5) is 0 Å². The highest BCUT2D eigenvalue weighted by molar-refractivity contribution is 5.10. The molecule has 2 aliphatic carbocycles. The van der Waals surface area contributed by atoms with Gasteiger partial charge in [-0.15, -0.1) is 0 Å². The van der Waals surface area contributed by atoms with E-state index in [0.29, 0.717) is 0 Å². The van der Waals surface area contributed by atoms with E-state index in [-0.39, 0.29) is 0 Å². The first-order valence-corrected chi connectivity index (χ1v) is 5.44. The van der Waals surface area contributed by atoms with Gasteiger partial charge in [-0.1, -0.05) is 48.6 Å². The zero-order valence-corrected chi connectivity index (χ0v) is 8.97. The third-order valence-electron chi connectivity index (χ3n) is 2.55. The average Bonchev–Trinajstić information content (AvgIpc) is 2.26. The van der Waals surface area contributed by atoms with Crippen molar-refractivity contribution in [1.82, 2.24) is 0 Å². The Balaban J connectivity index is 0.000000146. The van der Waals surface area contributed by atoms with Crippen LogP contribution in [0.1, 0.15) is 38.5 Å². The molecular formula is C14H20. The Morgan fingerprint density at radius 1 is 0.714 bits per heavy atom. The lowest BCUT2D eigenvalue weighted by Gasteiger charge is -2.13. The van der Waals surface area contributed by atoms with Crippen molar-refractivity contribution in [1.29, 1.82) is 0 Å². The lowest BCUT2D eigenvalue weighted by atomic mass is 9.93. The summed E-state index contributed by atoms with van der Waals surface area (Å²) in [4.78, 5) is 0. The van der Waals surface area contributed by atoms with E-state index in [4.69, 9.17) is 0 Å². The van der Waals surface area contributed by atoms with Gasteiger partial charge in [0.15, 0.2) is 0 Å². The van der Waals surface area contributed by atoms with E-state index in [1.54, 1.807) is 0 Å². The van der Waals surface area contributed by atoms with Gasteiger partial charge in [-0.05, 0) is 38.5 Å². The van der Waals surface area contributed by atoms with Crippen LogP contribution in [-0.4, -0.2) is 0 Å². The van der Waals surface area contributed by atoms with Crippen molar-refractivity contribution >= 4 is 0 Å². The summed E-state index contributed by atoms with van der Waals surface area (Å²) in [6, 6.07) is 0. The van der Waals surface area contributed by atoms with Crippen molar-refractivity contribution in [2.45, 2.75) is 38.5 Å². The summed E-state index contributed by atoms with van der Waals surface area (Å²) in [7, 11) is 0. The molecule has 1 saturated carbocycles.